The number of ether oxygens (including phenoxy) is 2. The molecule has 0 amide bonds. The second-order valence-electron chi connectivity index (χ2n) is 10.1. The van der Waals surface area contributed by atoms with Crippen LogP contribution < -0.4 is 17.0 Å². The Bertz CT molecular complexity index is 1870. The number of nitrogens with one attached hydrogen (secondary N) is 1. The number of nitrogens with zero attached hydrogens (tertiary/aromatic N) is 6. The Hall–Kier alpha value is -2.87. The number of aromatic nitrogens is 7. The van der Waals surface area contributed by atoms with E-state index in [4.69, 9.17) is 50.8 Å². The number of hydrogen-bond acceptors (Lipinski definition) is 15. The van der Waals surface area contributed by atoms with E-state index in [-0.39, 0.29) is 49.0 Å². The van der Waals surface area contributed by atoms with Gasteiger partial charge in [0.25, 0.3) is 5.56 Å². The van der Waals surface area contributed by atoms with Crippen LogP contribution in [0.3, 0.4) is 0 Å². The Kier molecular flexibility index (Phi) is 7.14. The number of phosphoric ester groups is 1. The number of nitrogen functional groups attached to an aromatic ring is 2. The molecule has 3 fully saturated rings. The van der Waals surface area contributed by atoms with Gasteiger partial charge in [-0.25, -0.2) is 19.5 Å². The van der Waals surface area contributed by atoms with E-state index in [0.29, 0.717) is 11.0 Å². The maximum absolute atomic E-state index is 13.1. The summed E-state index contributed by atoms with van der Waals surface area (Å²) < 4.78 is 50.7. The van der Waals surface area contributed by atoms with Crippen molar-refractivity contribution in [1.29, 1.82) is 0 Å². The van der Waals surface area contributed by atoms with Gasteiger partial charge in [0, 0.05) is 19.0 Å². The molecular weight excluding hydrogens is 632 g/mol. The summed E-state index contributed by atoms with van der Waals surface area (Å²) in [6, 6.07) is 1.72. The van der Waals surface area contributed by atoms with Crippen molar-refractivity contribution in [3.05, 3.63) is 35.3 Å². The van der Waals surface area contributed by atoms with E-state index in [1.165, 1.54) is 17.2 Å². The lowest BCUT2D eigenvalue weighted by Crippen LogP contribution is -2.29. The quantitative estimate of drug-likeness (QED) is 0.183. The zero-order chi connectivity index (χ0) is 30.1. The van der Waals surface area contributed by atoms with E-state index in [1.807, 2.05) is 0 Å². The van der Waals surface area contributed by atoms with Crippen LogP contribution in [0.15, 0.2) is 29.7 Å². The van der Waals surface area contributed by atoms with Gasteiger partial charge in [-0.1, -0.05) is 0 Å². The van der Waals surface area contributed by atoms with Crippen LogP contribution in [0.1, 0.15) is 25.3 Å². The van der Waals surface area contributed by atoms with Crippen LogP contribution in [0, 0.1) is 0 Å². The highest BCUT2D eigenvalue weighted by molar-refractivity contribution is 8.07. The summed E-state index contributed by atoms with van der Waals surface area (Å²) >= 11 is 5.31. The van der Waals surface area contributed by atoms with Gasteiger partial charge in [0.15, 0.2) is 17.4 Å². The summed E-state index contributed by atoms with van der Waals surface area (Å²) in [7, 11) is -4.66. The van der Waals surface area contributed by atoms with E-state index in [1.54, 1.807) is 16.8 Å². The lowest BCUT2D eigenvalue weighted by atomic mass is 10.2. The molecule has 7 rings (SSSR count). The Balaban J connectivity index is 1.17. The minimum atomic E-state index is -4.66. The summed E-state index contributed by atoms with van der Waals surface area (Å²) in [5, 5.41) is 0.596. The number of fused-ring (bicyclic) bond motifs is 5. The number of hydrogen-bond donors (Lipinski definition) is 5. The van der Waals surface area contributed by atoms with Crippen LogP contribution in [0.4, 0.5) is 11.8 Å². The third-order valence-corrected chi connectivity index (χ3v) is 9.86. The van der Waals surface area contributed by atoms with Gasteiger partial charge >= 0.3 is 14.5 Å². The molecule has 0 saturated carbocycles. The molecule has 4 aromatic heterocycles. The summed E-state index contributed by atoms with van der Waals surface area (Å²) in [6.45, 7) is -4.71. The molecule has 0 aromatic carbocycles. The number of rotatable bonds is 2. The minimum absolute atomic E-state index is 0.0119. The Morgan fingerprint density at radius 2 is 1.84 bits per heavy atom. The predicted octanol–water partition coefficient (Wildman–Crippen LogP) is 0.438. The predicted molar refractivity (Wildman–Crippen MR) is 150 cm³/mol. The topological polar surface area (TPSA) is 259 Å². The first-order chi connectivity index (χ1) is 20.5. The molecule has 7 heterocycles. The van der Waals surface area contributed by atoms with E-state index in [2.05, 4.69) is 24.9 Å². The average molecular weight is 657 g/mol. The maximum Gasteiger partial charge on any atom is 0.472 e. The summed E-state index contributed by atoms with van der Waals surface area (Å²) in [5.74, 6) is 0.124. The van der Waals surface area contributed by atoms with Gasteiger partial charge in [-0.05, 0) is 17.9 Å². The average Bonchev–Trinajstić information content (AvgIpc) is 3.71. The summed E-state index contributed by atoms with van der Waals surface area (Å²) in [5.41, 5.74) is 11.7. The monoisotopic (exact) mass is 657 g/mol. The number of anilines is 2. The molecule has 3 aliphatic rings. The highest BCUT2D eigenvalue weighted by Crippen LogP contribution is 2.53. The van der Waals surface area contributed by atoms with Crippen LogP contribution in [-0.2, 0) is 43.9 Å². The molecule has 0 spiro atoms. The highest BCUT2D eigenvalue weighted by atomic mass is 32.5. The van der Waals surface area contributed by atoms with Crippen molar-refractivity contribution >= 4 is 60.3 Å². The van der Waals surface area contributed by atoms with Crippen molar-refractivity contribution in [3.63, 3.8) is 0 Å². The van der Waals surface area contributed by atoms with Crippen molar-refractivity contribution in [1.82, 2.24) is 34.1 Å². The van der Waals surface area contributed by atoms with Crippen LogP contribution in [0.2, 0.25) is 0 Å². The highest BCUT2D eigenvalue weighted by Gasteiger charge is 2.46. The Labute approximate surface area is 245 Å². The van der Waals surface area contributed by atoms with Gasteiger partial charge in [-0.2, -0.15) is 4.98 Å². The van der Waals surface area contributed by atoms with Crippen molar-refractivity contribution in [3.8, 4) is 0 Å². The molecule has 19 nitrogen and oxygen atoms in total. The van der Waals surface area contributed by atoms with Crippen molar-refractivity contribution in [2.75, 3.05) is 24.7 Å². The van der Waals surface area contributed by atoms with Gasteiger partial charge in [-0.15, -0.1) is 0 Å². The van der Waals surface area contributed by atoms with Crippen LogP contribution >= 0.6 is 14.5 Å². The molecule has 0 aliphatic carbocycles. The van der Waals surface area contributed by atoms with E-state index in [0.717, 1.165) is 0 Å². The van der Waals surface area contributed by atoms with Crippen LogP contribution in [0.5, 0.6) is 0 Å². The molecule has 3 unspecified atom stereocenters. The van der Waals surface area contributed by atoms with Gasteiger partial charge in [0.1, 0.15) is 42.3 Å². The number of imidazole rings is 1. The molecular formula is C21H25N9O10P2S. The van der Waals surface area contributed by atoms with E-state index >= 15 is 0 Å². The number of phosphoric acid groups is 1. The molecule has 22 heteroatoms. The fourth-order valence-corrected chi connectivity index (χ4v) is 7.82. The summed E-state index contributed by atoms with van der Waals surface area (Å²) in [6.07, 6.45) is -1.07. The number of H-pyrrole nitrogens is 1. The van der Waals surface area contributed by atoms with Gasteiger partial charge in [0.2, 0.25) is 5.95 Å². The van der Waals surface area contributed by atoms with Crippen molar-refractivity contribution in [2.24, 2.45) is 0 Å². The largest absolute Gasteiger partial charge is 0.472 e. The standard InChI is InChI=1S/C21H25N9O10P2S/c22-16-10-1-2-29(17(10)25-7-24-16)14-4-11-13(38-14)6-36-42(34,43)40-12-3-9(5-35-41(32,33)39-11)37-20(12)30-8-26-15-18(30)27-21(23)28-19(15)31/h1-2,7-9,11-14,20H,3-6H2,(H,32,33)(H,34,43)(H2,22,24,25)(H3,23,27,28,31)/t9-,11-,12+,13+,14+,20?,42?/m0/s1. The molecule has 230 valence electrons. The fraction of sp³-hybridized carbons (Fsp3) is 0.476. The van der Waals surface area contributed by atoms with Crippen LogP contribution in [-0.4, -0.2) is 81.5 Å². The fourth-order valence-electron chi connectivity index (χ4n) is 5.40. The number of nitrogens with two attached hydrogens (primary N) is 2. The van der Waals surface area contributed by atoms with E-state index in [9.17, 15) is 19.1 Å². The zero-order valence-electron chi connectivity index (χ0n) is 21.9. The molecule has 7 N–H and O–H groups in total. The summed E-state index contributed by atoms with van der Waals surface area (Å²) in [4.78, 5) is 52.8. The maximum atomic E-state index is 13.1. The van der Waals surface area contributed by atoms with Gasteiger partial charge in [0.05, 0.1) is 31.0 Å². The lowest BCUT2D eigenvalue weighted by Gasteiger charge is -2.27. The zero-order valence-corrected chi connectivity index (χ0v) is 24.5. The first kappa shape index (κ1) is 28.9. The van der Waals surface area contributed by atoms with Crippen LogP contribution in [0.25, 0.3) is 22.2 Å². The molecule has 8 atom stereocenters. The van der Waals surface area contributed by atoms with Gasteiger partial charge in [-0.3, -0.25) is 23.4 Å². The molecule has 43 heavy (non-hydrogen) atoms. The van der Waals surface area contributed by atoms with Crippen molar-refractivity contribution < 1.29 is 41.9 Å². The van der Waals surface area contributed by atoms with Crippen molar-refractivity contribution in [2.45, 2.75) is 49.7 Å². The molecule has 3 aliphatic heterocycles. The SMILES string of the molecule is Nc1nc2c(ncn2C2O[C@@H]3COP(=O)(O)O[C@H]4C[C@H](n5ccc6c(N)ncnc65)O[C@@H]4COP(O)(=S)O[C@@H]2C3)c(=O)[nH]1. The lowest BCUT2D eigenvalue weighted by molar-refractivity contribution is -0.0625. The minimum Gasteiger partial charge on any atom is -0.383 e. The second-order valence-corrected chi connectivity index (χ2v) is 14.3. The second kappa shape index (κ2) is 10.6. The molecule has 0 radical (unpaired) electrons. The first-order valence-corrected chi connectivity index (χ1v) is 17.0. The normalized spacial score (nSPS) is 35.4. The Morgan fingerprint density at radius 3 is 2.67 bits per heavy atom. The van der Waals surface area contributed by atoms with Gasteiger partial charge < -0.3 is 44.3 Å². The third kappa shape index (κ3) is 5.49. The first-order valence-electron chi connectivity index (χ1n) is 12.9. The molecule has 4 aromatic rings. The Morgan fingerprint density at radius 1 is 1.00 bits per heavy atom. The molecule has 2 bridgehead atoms. The van der Waals surface area contributed by atoms with E-state index < -0.39 is 57.0 Å². The number of aromatic amines is 1. The molecule has 3 saturated heterocycles. The smallest absolute Gasteiger partial charge is 0.383 e. The third-order valence-electron chi connectivity index (χ3n) is 7.26.